The Kier molecular flexibility index (Phi) is 6.03. The third-order valence-electron chi connectivity index (χ3n) is 5.10. The van der Waals surface area contributed by atoms with Crippen molar-refractivity contribution in [1.82, 2.24) is 4.90 Å². The summed E-state index contributed by atoms with van der Waals surface area (Å²) in [4.78, 5) is 39.7. The molecule has 1 aromatic rings. The van der Waals surface area contributed by atoms with Crippen LogP contribution in [0.25, 0.3) is 5.57 Å². The fraction of sp³-hybridized carbons (Fsp3) is 0.500. The lowest BCUT2D eigenvalue weighted by atomic mass is 9.83. The highest BCUT2D eigenvalue weighted by Gasteiger charge is 2.57. The van der Waals surface area contributed by atoms with E-state index in [2.05, 4.69) is 0 Å². The van der Waals surface area contributed by atoms with Gasteiger partial charge in [-0.15, -0.1) is 11.3 Å². The fourth-order valence-corrected chi connectivity index (χ4v) is 4.68. The van der Waals surface area contributed by atoms with Gasteiger partial charge >= 0.3 is 11.9 Å². The molecule has 0 aromatic carbocycles. The maximum absolute atomic E-state index is 12.8. The zero-order valence-electron chi connectivity index (χ0n) is 17.1. The van der Waals surface area contributed by atoms with Crippen LogP contribution >= 0.6 is 23.6 Å². The number of thiocarbonyl (C=S) groups is 1. The maximum Gasteiger partial charge on any atom is 0.358 e. The van der Waals surface area contributed by atoms with Gasteiger partial charge in [0.25, 0.3) is 0 Å². The van der Waals surface area contributed by atoms with Crippen molar-refractivity contribution in [3.05, 3.63) is 27.6 Å². The Balaban J connectivity index is 1.85. The Hall–Kier alpha value is -2.30. The van der Waals surface area contributed by atoms with Gasteiger partial charge in [-0.3, -0.25) is 9.59 Å². The molecule has 162 valence electrons. The summed E-state index contributed by atoms with van der Waals surface area (Å²) < 4.78 is 10.2. The number of hydrogen-bond acceptors (Lipinski definition) is 8. The van der Waals surface area contributed by atoms with Gasteiger partial charge in [0.15, 0.2) is 0 Å². The molecule has 0 bridgehead atoms. The maximum atomic E-state index is 12.8. The number of fused-ring (bicyclic) bond motifs is 1. The number of nitrogens with zero attached hydrogens (tertiary/aromatic N) is 1. The second-order valence-corrected chi connectivity index (χ2v) is 9.72. The van der Waals surface area contributed by atoms with Gasteiger partial charge < -0.3 is 25.2 Å². The Morgan fingerprint density at radius 2 is 2.07 bits per heavy atom. The van der Waals surface area contributed by atoms with Gasteiger partial charge in [0.1, 0.15) is 10.7 Å². The second kappa shape index (κ2) is 8.09. The van der Waals surface area contributed by atoms with E-state index >= 15 is 0 Å². The van der Waals surface area contributed by atoms with Crippen LogP contribution in [0.15, 0.2) is 17.1 Å². The Morgan fingerprint density at radius 3 is 2.60 bits per heavy atom. The van der Waals surface area contributed by atoms with Crippen LogP contribution in [0.1, 0.15) is 44.6 Å². The molecule has 0 radical (unpaired) electrons. The Labute approximate surface area is 183 Å². The largest absolute Gasteiger partial charge is 0.427 e. The van der Waals surface area contributed by atoms with Crippen LogP contribution in [-0.2, 0) is 23.9 Å². The molecule has 3 atom stereocenters. The molecule has 10 heteroatoms. The molecule has 8 nitrogen and oxygen atoms in total. The van der Waals surface area contributed by atoms with Crippen LogP contribution in [-0.4, -0.2) is 51.8 Å². The molecule has 3 rings (SSSR count). The van der Waals surface area contributed by atoms with Gasteiger partial charge in [0.2, 0.25) is 12.7 Å². The average molecular weight is 453 g/mol. The van der Waals surface area contributed by atoms with Gasteiger partial charge in [-0.25, -0.2) is 4.79 Å². The lowest BCUT2D eigenvalue weighted by molar-refractivity contribution is -0.175. The van der Waals surface area contributed by atoms with E-state index in [-0.39, 0.29) is 22.6 Å². The van der Waals surface area contributed by atoms with E-state index < -0.39 is 36.2 Å². The summed E-state index contributed by atoms with van der Waals surface area (Å²) >= 11 is 6.36. The zero-order chi connectivity index (χ0) is 22.4. The molecule has 30 heavy (non-hydrogen) atoms. The summed E-state index contributed by atoms with van der Waals surface area (Å²) in [5, 5.41) is 11.7. The highest BCUT2D eigenvalue weighted by molar-refractivity contribution is 7.80. The van der Waals surface area contributed by atoms with Crippen LogP contribution in [0.5, 0.6) is 0 Å². The van der Waals surface area contributed by atoms with E-state index in [1.165, 1.54) is 16.2 Å². The summed E-state index contributed by atoms with van der Waals surface area (Å²) in [6.07, 6.45) is -0.441. The first-order valence-electron chi connectivity index (χ1n) is 9.40. The topological polar surface area (TPSA) is 119 Å². The highest BCUT2D eigenvalue weighted by atomic mass is 32.1. The third-order valence-corrected chi connectivity index (χ3v) is 6.32. The van der Waals surface area contributed by atoms with Crippen molar-refractivity contribution in [2.24, 2.45) is 17.1 Å². The first-order chi connectivity index (χ1) is 13.9. The lowest BCUT2D eigenvalue weighted by Gasteiger charge is -2.44. The first-order valence-corrected chi connectivity index (χ1v) is 10.7. The molecular formula is C20H24N2O6S2. The van der Waals surface area contributed by atoms with Crippen LogP contribution in [0.2, 0.25) is 0 Å². The molecule has 0 aliphatic carbocycles. The molecule has 1 amide bonds. The molecule has 3 heterocycles. The average Bonchev–Trinajstić information content (AvgIpc) is 3.23. The quantitative estimate of drug-likeness (QED) is 0.290. The number of carbonyl (C=O) groups is 3. The number of rotatable bonds is 6. The van der Waals surface area contributed by atoms with Gasteiger partial charge in [0, 0.05) is 21.4 Å². The van der Waals surface area contributed by atoms with Crippen molar-refractivity contribution in [3.63, 3.8) is 0 Å². The van der Waals surface area contributed by atoms with Crippen molar-refractivity contribution in [2.45, 2.75) is 46.3 Å². The summed E-state index contributed by atoms with van der Waals surface area (Å²) in [5.41, 5.74) is 6.34. The Morgan fingerprint density at radius 1 is 1.40 bits per heavy atom. The molecule has 2 aliphatic rings. The molecule has 3 N–H and O–H groups in total. The standard InChI is InChI=1S/C20H24N2O6S2/c1-9(23)14-12-6-11(13-5-10(7-30-13)16(21)29)15(22(12)17(14)24)18(25)27-8-28-19(26)20(2,3)4/h5,7,9,12,14,23H,6,8H2,1-4H3,(H2,21,29)/t9-,12?,14?/m1/s1. The third kappa shape index (κ3) is 3.99. The van der Waals surface area contributed by atoms with E-state index in [0.29, 0.717) is 17.6 Å². The SMILES string of the molecule is C[C@@H](O)C1C(=O)N2C(C(=O)OCOC(=O)C(C)(C)C)=C(c3cc(C(N)=S)cs3)CC12. The van der Waals surface area contributed by atoms with Crippen LogP contribution in [0.3, 0.4) is 0 Å². The normalized spacial score (nSPS) is 21.8. The molecule has 1 fully saturated rings. The number of aliphatic hydroxyl groups excluding tert-OH is 1. The van der Waals surface area contributed by atoms with Crippen molar-refractivity contribution in [2.75, 3.05) is 6.79 Å². The number of β-lactam (4-membered cyclic amide) rings is 1. The number of nitrogens with two attached hydrogens (primary N) is 1. The predicted molar refractivity (Wildman–Crippen MR) is 114 cm³/mol. The summed E-state index contributed by atoms with van der Waals surface area (Å²) in [7, 11) is 0. The number of carbonyl (C=O) groups excluding carboxylic acids is 3. The smallest absolute Gasteiger partial charge is 0.358 e. The van der Waals surface area contributed by atoms with Crippen LogP contribution < -0.4 is 5.73 Å². The number of thiophene rings is 1. The van der Waals surface area contributed by atoms with Crippen LogP contribution in [0, 0.1) is 11.3 Å². The molecule has 0 spiro atoms. The highest BCUT2D eigenvalue weighted by Crippen LogP contribution is 2.48. The second-order valence-electron chi connectivity index (χ2n) is 8.37. The van der Waals surface area contributed by atoms with Crippen molar-refractivity contribution in [3.8, 4) is 0 Å². The molecule has 2 unspecified atom stereocenters. The van der Waals surface area contributed by atoms with E-state index in [1.807, 2.05) is 0 Å². The van der Waals surface area contributed by atoms with Crippen molar-refractivity contribution in [1.29, 1.82) is 0 Å². The minimum absolute atomic E-state index is 0.102. The molecule has 0 saturated carbocycles. The van der Waals surface area contributed by atoms with E-state index in [1.54, 1.807) is 39.1 Å². The molecule has 2 aliphatic heterocycles. The number of aliphatic hydroxyl groups is 1. The minimum Gasteiger partial charge on any atom is -0.427 e. The monoisotopic (exact) mass is 452 g/mol. The van der Waals surface area contributed by atoms with E-state index in [9.17, 15) is 19.5 Å². The Bertz CT molecular complexity index is 943. The first kappa shape index (κ1) is 22.4. The van der Waals surface area contributed by atoms with Crippen molar-refractivity contribution < 1.29 is 29.0 Å². The summed E-state index contributed by atoms with van der Waals surface area (Å²) in [5.74, 6) is -2.20. The fourth-order valence-electron chi connectivity index (χ4n) is 3.52. The summed E-state index contributed by atoms with van der Waals surface area (Å²) in [6, 6.07) is 1.44. The van der Waals surface area contributed by atoms with Crippen LogP contribution in [0.4, 0.5) is 0 Å². The van der Waals surface area contributed by atoms with Crippen molar-refractivity contribution >= 4 is 52.0 Å². The molecule has 1 aromatic heterocycles. The lowest BCUT2D eigenvalue weighted by Crippen LogP contribution is -2.61. The van der Waals surface area contributed by atoms with Gasteiger partial charge in [-0.1, -0.05) is 12.2 Å². The number of ether oxygens (including phenoxy) is 2. The van der Waals surface area contributed by atoms with Gasteiger partial charge in [-0.05, 0) is 40.2 Å². The number of hydrogen-bond donors (Lipinski definition) is 2. The van der Waals surface area contributed by atoms with Gasteiger partial charge in [0.05, 0.1) is 23.5 Å². The number of amides is 1. The minimum atomic E-state index is -0.835. The molecular weight excluding hydrogens is 428 g/mol. The predicted octanol–water partition coefficient (Wildman–Crippen LogP) is 1.79. The number of esters is 2. The van der Waals surface area contributed by atoms with E-state index in [0.717, 1.165) is 4.88 Å². The molecule has 1 saturated heterocycles. The summed E-state index contributed by atoms with van der Waals surface area (Å²) in [6.45, 7) is 6.05. The zero-order valence-corrected chi connectivity index (χ0v) is 18.8. The van der Waals surface area contributed by atoms with Gasteiger partial charge in [-0.2, -0.15) is 0 Å². The van der Waals surface area contributed by atoms with E-state index in [4.69, 9.17) is 27.4 Å².